The molecule has 1 aromatic carbocycles. The van der Waals surface area contributed by atoms with Gasteiger partial charge in [0.15, 0.2) is 5.65 Å². The Morgan fingerprint density at radius 2 is 2.03 bits per heavy atom. The van der Waals surface area contributed by atoms with Crippen molar-refractivity contribution in [2.24, 2.45) is 0 Å². The zero-order valence-corrected chi connectivity index (χ0v) is 19.2. The number of aromatic nitrogens is 3. The van der Waals surface area contributed by atoms with Crippen molar-refractivity contribution in [3.8, 4) is 6.07 Å². The highest BCUT2D eigenvalue weighted by Crippen LogP contribution is 2.22. The molecule has 1 amide bonds. The van der Waals surface area contributed by atoms with Gasteiger partial charge in [0.2, 0.25) is 15.9 Å². The molecule has 1 N–H and O–H groups in total. The third kappa shape index (κ3) is 4.59. The molecule has 33 heavy (non-hydrogen) atoms. The van der Waals surface area contributed by atoms with E-state index in [1.54, 1.807) is 16.6 Å². The van der Waals surface area contributed by atoms with Crippen LogP contribution >= 0.6 is 0 Å². The summed E-state index contributed by atoms with van der Waals surface area (Å²) in [5, 5.41) is 16.2. The molecule has 10 nitrogen and oxygen atoms in total. The SMILES string of the molecule is Cc1nc2c(C#N)cnn2c(C)c1CCC(=O)Nc1cccc(S(=O)(=O)N2CCOCC2)c1. The maximum absolute atomic E-state index is 12.9. The molecule has 3 aromatic rings. The Bertz CT molecular complexity index is 1350. The summed E-state index contributed by atoms with van der Waals surface area (Å²) in [4.78, 5) is 17.2. The van der Waals surface area contributed by atoms with E-state index in [1.807, 2.05) is 13.8 Å². The summed E-state index contributed by atoms with van der Waals surface area (Å²) in [6.45, 7) is 5.07. The predicted octanol–water partition coefficient (Wildman–Crippen LogP) is 1.81. The second kappa shape index (κ2) is 9.27. The van der Waals surface area contributed by atoms with Crippen LogP contribution in [0.1, 0.15) is 28.9 Å². The number of nitriles is 1. The quantitative estimate of drug-likeness (QED) is 0.584. The molecular weight excluding hydrogens is 444 g/mol. The second-order valence-electron chi connectivity index (χ2n) is 7.76. The zero-order chi connectivity index (χ0) is 23.6. The van der Waals surface area contributed by atoms with Gasteiger partial charge in [-0.15, -0.1) is 0 Å². The third-order valence-electron chi connectivity index (χ3n) is 5.66. The lowest BCUT2D eigenvalue weighted by Crippen LogP contribution is -2.40. The smallest absolute Gasteiger partial charge is 0.243 e. The molecule has 0 radical (unpaired) electrons. The molecule has 172 valence electrons. The van der Waals surface area contributed by atoms with Crippen LogP contribution in [0.4, 0.5) is 5.69 Å². The number of carbonyl (C=O) groups excluding carboxylic acids is 1. The molecule has 3 heterocycles. The highest BCUT2D eigenvalue weighted by molar-refractivity contribution is 7.89. The van der Waals surface area contributed by atoms with Gasteiger partial charge in [0.25, 0.3) is 0 Å². The highest BCUT2D eigenvalue weighted by Gasteiger charge is 2.26. The van der Waals surface area contributed by atoms with Crippen LogP contribution in [-0.2, 0) is 26.0 Å². The maximum Gasteiger partial charge on any atom is 0.243 e. The first-order valence-corrected chi connectivity index (χ1v) is 12.0. The van der Waals surface area contributed by atoms with Gasteiger partial charge in [0, 0.05) is 36.6 Å². The van der Waals surface area contributed by atoms with Gasteiger partial charge in [-0.2, -0.15) is 14.7 Å². The first kappa shape index (κ1) is 22.8. The number of carbonyl (C=O) groups is 1. The summed E-state index contributed by atoms with van der Waals surface area (Å²) >= 11 is 0. The van der Waals surface area contributed by atoms with Crippen molar-refractivity contribution in [1.82, 2.24) is 18.9 Å². The fourth-order valence-corrected chi connectivity index (χ4v) is 5.34. The van der Waals surface area contributed by atoms with Gasteiger partial charge in [-0.3, -0.25) is 4.79 Å². The lowest BCUT2D eigenvalue weighted by Gasteiger charge is -2.26. The number of fused-ring (bicyclic) bond motifs is 1. The second-order valence-corrected chi connectivity index (χ2v) is 9.70. The lowest BCUT2D eigenvalue weighted by atomic mass is 10.1. The molecule has 2 aromatic heterocycles. The molecule has 11 heteroatoms. The third-order valence-corrected chi connectivity index (χ3v) is 7.55. The van der Waals surface area contributed by atoms with Crippen molar-refractivity contribution in [3.63, 3.8) is 0 Å². The van der Waals surface area contributed by atoms with Crippen molar-refractivity contribution in [3.05, 3.63) is 53.0 Å². The summed E-state index contributed by atoms with van der Waals surface area (Å²) < 4.78 is 34.0. The number of aryl methyl sites for hydroxylation is 2. The topological polar surface area (TPSA) is 130 Å². The van der Waals surface area contributed by atoms with Crippen LogP contribution in [0.5, 0.6) is 0 Å². The molecule has 0 bridgehead atoms. The molecule has 0 unspecified atom stereocenters. The van der Waals surface area contributed by atoms with E-state index in [-0.39, 0.29) is 17.2 Å². The van der Waals surface area contributed by atoms with Crippen LogP contribution in [0.3, 0.4) is 0 Å². The van der Waals surface area contributed by atoms with E-state index in [0.29, 0.717) is 49.6 Å². The fourth-order valence-electron chi connectivity index (χ4n) is 3.88. The summed E-state index contributed by atoms with van der Waals surface area (Å²) in [6.07, 6.45) is 2.09. The van der Waals surface area contributed by atoms with Crippen LogP contribution in [0.25, 0.3) is 5.65 Å². The average molecular weight is 469 g/mol. The fraction of sp³-hybridized carbons (Fsp3) is 0.364. The van der Waals surface area contributed by atoms with E-state index in [0.717, 1.165) is 17.0 Å². The normalized spacial score (nSPS) is 14.8. The number of nitrogens with zero attached hydrogens (tertiary/aromatic N) is 5. The molecule has 4 rings (SSSR count). The molecule has 0 spiro atoms. The molecule has 0 atom stereocenters. The minimum atomic E-state index is -3.65. The molecule has 0 saturated carbocycles. The molecule has 1 aliphatic rings. The average Bonchev–Trinajstić information content (AvgIpc) is 3.22. The van der Waals surface area contributed by atoms with Crippen LogP contribution in [-0.4, -0.2) is 59.5 Å². The minimum Gasteiger partial charge on any atom is -0.379 e. The van der Waals surface area contributed by atoms with Crippen LogP contribution < -0.4 is 5.32 Å². The number of morpholine rings is 1. The summed E-state index contributed by atoms with van der Waals surface area (Å²) in [5.74, 6) is -0.243. The Balaban J connectivity index is 1.46. The van der Waals surface area contributed by atoms with Crippen molar-refractivity contribution < 1.29 is 17.9 Å². The Kier molecular flexibility index (Phi) is 6.42. The molecular formula is C22H24N6O4S. The van der Waals surface area contributed by atoms with Crippen LogP contribution in [0.15, 0.2) is 35.4 Å². The number of anilines is 1. The molecule has 0 aliphatic carbocycles. The summed E-state index contributed by atoms with van der Waals surface area (Å²) in [7, 11) is -3.65. The summed E-state index contributed by atoms with van der Waals surface area (Å²) in [5.41, 5.74) is 3.76. The highest BCUT2D eigenvalue weighted by atomic mass is 32.2. The number of ether oxygens (including phenoxy) is 1. The first-order chi connectivity index (χ1) is 15.8. The number of sulfonamides is 1. The standard InChI is InChI=1S/C22H24N6O4S/c1-15-20(16(2)28-22(25-15)17(13-23)14-24-28)6-7-21(29)26-18-4-3-5-19(12-18)33(30,31)27-8-10-32-11-9-27/h3-5,12,14H,6-11H2,1-2H3,(H,26,29). The Hall–Kier alpha value is -3.33. The molecule has 1 fully saturated rings. The van der Waals surface area contributed by atoms with Gasteiger partial charge in [0.05, 0.1) is 24.3 Å². The number of amides is 1. The largest absolute Gasteiger partial charge is 0.379 e. The van der Waals surface area contributed by atoms with Crippen molar-refractivity contribution in [2.45, 2.75) is 31.6 Å². The van der Waals surface area contributed by atoms with Gasteiger partial charge in [-0.05, 0) is 44.0 Å². The molecule has 1 aliphatic heterocycles. The Morgan fingerprint density at radius 1 is 1.27 bits per heavy atom. The number of rotatable bonds is 6. The van der Waals surface area contributed by atoms with Gasteiger partial charge < -0.3 is 10.1 Å². The van der Waals surface area contributed by atoms with E-state index >= 15 is 0 Å². The first-order valence-electron chi connectivity index (χ1n) is 10.5. The maximum atomic E-state index is 12.9. The van der Waals surface area contributed by atoms with Crippen LogP contribution in [0, 0.1) is 25.2 Å². The van der Waals surface area contributed by atoms with Gasteiger partial charge in [0.1, 0.15) is 11.6 Å². The number of nitrogens with one attached hydrogen (secondary N) is 1. The van der Waals surface area contributed by atoms with Crippen molar-refractivity contribution in [2.75, 3.05) is 31.6 Å². The monoisotopic (exact) mass is 468 g/mol. The number of hydrogen-bond acceptors (Lipinski definition) is 7. The van der Waals surface area contributed by atoms with E-state index in [9.17, 15) is 18.5 Å². The Labute approximate surface area is 191 Å². The summed E-state index contributed by atoms with van der Waals surface area (Å²) in [6, 6.07) is 8.34. The van der Waals surface area contributed by atoms with Crippen LogP contribution in [0.2, 0.25) is 0 Å². The number of hydrogen-bond donors (Lipinski definition) is 1. The van der Waals surface area contributed by atoms with E-state index in [4.69, 9.17) is 4.74 Å². The van der Waals surface area contributed by atoms with Gasteiger partial charge in [-0.25, -0.2) is 17.9 Å². The molecule has 1 saturated heterocycles. The van der Waals surface area contributed by atoms with E-state index in [1.165, 1.54) is 22.6 Å². The predicted molar refractivity (Wildman–Crippen MR) is 120 cm³/mol. The lowest BCUT2D eigenvalue weighted by molar-refractivity contribution is -0.116. The number of benzene rings is 1. The Morgan fingerprint density at radius 3 is 2.76 bits per heavy atom. The zero-order valence-electron chi connectivity index (χ0n) is 18.4. The van der Waals surface area contributed by atoms with Crippen molar-refractivity contribution in [1.29, 1.82) is 5.26 Å². The van der Waals surface area contributed by atoms with Gasteiger partial charge in [-0.1, -0.05) is 6.07 Å². The van der Waals surface area contributed by atoms with E-state index < -0.39 is 10.0 Å². The van der Waals surface area contributed by atoms with Crippen molar-refractivity contribution >= 4 is 27.3 Å². The van der Waals surface area contributed by atoms with Gasteiger partial charge >= 0.3 is 0 Å². The van der Waals surface area contributed by atoms with E-state index in [2.05, 4.69) is 21.5 Å². The minimum absolute atomic E-state index is 0.135.